The summed E-state index contributed by atoms with van der Waals surface area (Å²) in [6, 6.07) is 3.51. The molecule has 1 saturated heterocycles. The Labute approximate surface area is 101 Å². The molecule has 2 heterocycles. The molecule has 0 atom stereocenters. The van der Waals surface area contributed by atoms with Crippen molar-refractivity contribution in [1.29, 1.82) is 0 Å². The van der Waals surface area contributed by atoms with E-state index in [0.29, 0.717) is 5.82 Å². The minimum Gasteiger partial charge on any atom is -0.444 e. The highest BCUT2D eigenvalue weighted by atomic mass is 16.6. The van der Waals surface area contributed by atoms with Gasteiger partial charge in [-0.25, -0.2) is 9.78 Å². The predicted octanol–water partition coefficient (Wildman–Crippen LogP) is 1.79. The first kappa shape index (κ1) is 11.7. The van der Waals surface area contributed by atoms with E-state index >= 15 is 0 Å². The molecule has 1 aromatic heterocycles. The van der Waals surface area contributed by atoms with Crippen LogP contribution in [-0.2, 0) is 11.3 Å². The van der Waals surface area contributed by atoms with E-state index in [1.165, 1.54) is 6.42 Å². The molecule has 0 aromatic carbocycles. The smallest absolute Gasteiger partial charge is 0.410 e. The van der Waals surface area contributed by atoms with Crippen molar-refractivity contribution in [2.75, 3.05) is 18.8 Å². The van der Waals surface area contributed by atoms with E-state index in [1.807, 2.05) is 6.07 Å². The van der Waals surface area contributed by atoms with E-state index in [-0.39, 0.29) is 12.7 Å². The van der Waals surface area contributed by atoms with Crippen molar-refractivity contribution < 1.29 is 9.53 Å². The molecule has 1 fully saturated rings. The lowest BCUT2D eigenvalue weighted by atomic mass is 10.1. The standard InChI is InChI=1S/C12H17N3O2/c13-11-5-4-10(8-14-11)9-17-12(16)15-6-2-1-3-7-15/h4-5,8H,1-3,6-7,9H2,(H2,13,14). The summed E-state index contributed by atoms with van der Waals surface area (Å²) in [4.78, 5) is 17.4. The average Bonchev–Trinajstić information content (AvgIpc) is 2.39. The molecule has 0 bridgehead atoms. The molecule has 0 saturated carbocycles. The summed E-state index contributed by atoms with van der Waals surface area (Å²) in [5.74, 6) is 0.469. The Bertz CT molecular complexity index is 372. The number of carbonyl (C=O) groups is 1. The van der Waals surface area contributed by atoms with Gasteiger partial charge in [-0.2, -0.15) is 0 Å². The van der Waals surface area contributed by atoms with Crippen LogP contribution in [0.1, 0.15) is 24.8 Å². The highest BCUT2D eigenvalue weighted by molar-refractivity contribution is 5.67. The maximum Gasteiger partial charge on any atom is 0.410 e. The molecule has 0 aliphatic carbocycles. The molecule has 5 nitrogen and oxygen atoms in total. The summed E-state index contributed by atoms with van der Waals surface area (Å²) in [6.45, 7) is 1.86. The predicted molar refractivity (Wildman–Crippen MR) is 64.3 cm³/mol. The number of nitrogen functional groups attached to an aromatic ring is 1. The minimum atomic E-state index is -0.235. The molecular weight excluding hydrogens is 218 g/mol. The average molecular weight is 235 g/mol. The number of pyridine rings is 1. The monoisotopic (exact) mass is 235 g/mol. The van der Waals surface area contributed by atoms with E-state index in [1.54, 1.807) is 17.2 Å². The number of nitrogens with two attached hydrogens (primary N) is 1. The van der Waals surface area contributed by atoms with Gasteiger partial charge in [0.2, 0.25) is 0 Å². The summed E-state index contributed by atoms with van der Waals surface area (Å²) < 4.78 is 5.21. The Kier molecular flexibility index (Phi) is 3.80. The van der Waals surface area contributed by atoms with Crippen LogP contribution in [0.25, 0.3) is 0 Å². The van der Waals surface area contributed by atoms with Crippen molar-refractivity contribution in [2.24, 2.45) is 0 Å². The number of ether oxygens (including phenoxy) is 1. The highest BCUT2D eigenvalue weighted by Gasteiger charge is 2.17. The van der Waals surface area contributed by atoms with Crippen molar-refractivity contribution in [2.45, 2.75) is 25.9 Å². The number of likely N-dealkylation sites (tertiary alicyclic amines) is 1. The Balaban J connectivity index is 1.81. The van der Waals surface area contributed by atoms with Gasteiger partial charge in [0.1, 0.15) is 12.4 Å². The van der Waals surface area contributed by atoms with E-state index in [0.717, 1.165) is 31.5 Å². The molecule has 0 unspecified atom stereocenters. The number of hydrogen-bond donors (Lipinski definition) is 1. The Hall–Kier alpha value is -1.78. The maximum atomic E-state index is 11.7. The summed E-state index contributed by atoms with van der Waals surface area (Å²) in [7, 11) is 0. The number of aromatic nitrogens is 1. The van der Waals surface area contributed by atoms with Crippen LogP contribution in [0.4, 0.5) is 10.6 Å². The summed E-state index contributed by atoms with van der Waals surface area (Å²) in [5, 5.41) is 0. The van der Waals surface area contributed by atoms with Crippen LogP contribution in [0, 0.1) is 0 Å². The second-order valence-corrected chi connectivity index (χ2v) is 4.19. The first-order chi connectivity index (χ1) is 8.25. The van der Waals surface area contributed by atoms with Gasteiger partial charge in [-0.15, -0.1) is 0 Å². The number of piperidine rings is 1. The van der Waals surface area contributed by atoms with E-state index in [2.05, 4.69) is 4.98 Å². The van der Waals surface area contributed by atoms with Crippen LogP contribution in [0.2, 0.25) is 0 Å². The van der Waals surface area contributed by atoms with Crippen LogP contribution >= 0.6 is 0 Å². The molecule has 1 aliphatic rings. The fourth-order valence-corrected chi connectivity index (χ4v) is 1.83. The Morgan fingerprint density at radius 1 is 1.35 bits per heavy atom. The van der Waals surface area contributed by atoms with Crippen LogP contribution < -0.4 is 5.73 Å². The van der Waals surface area contributed by atoms with Crippen molar-refractivity contribution in [1.82, 2.24) is 9.88 Å². The number of rotatable bonds is 2. The first-order valence-corrected chi connectivity index (χ1v) is 5.88. The lowest BCUT2D eigenvalue weighted by Gasteiger charge is -2.25. The second kappa shape index (κ2) is 5.52. The minimum absolute atomic E-state index is 0.235. The van der Waals surface area contributed by atoms with Crippen LogP contribution in [0.15, 0.2) is 18.3 Å². The normalized spacial score (nSPS) is 15.6. The summed E-state index contributed by atoms with van der Waals surface area (Å²) >= 11 is 0. The maximum absolute atomic E-state index is 11.7. The lowest BCUT2D eigenvalue weighted by molar-refractivity contribution is 0.0894. The Morgan fingerprint density at radius 3 is 2.76 bits per heavy atom. The SMILES string of the molecule is Nc1ccc(COC(=O)N2CCCCC2)cn1. The molecule has 1 aromatic rings. The van der Waals surface area contributed by atoms with Crippen LogP contribution in [0.3, 0.4) is 0 Å². The van der Waals surface area contributed by atoms with Crippen LogP contribution in [0.5, 0.6) is 0 Å². The largest absolute Gasteiger partial charge is 0.444 e. The fourth-order valence-electron chi connectivity index (χ4n) is 1.83. The summed E-state index contributed by atoms with van der Waals surface area (Å²) in [5.41, 5.74) is 6.32. The molecule has 92 valence electrons. The third-order valence-electron chi connectivity index (χ3n) is 2.82. The van der Waals surface area contributed by atoms with Gasteiger partial charge in [0.25, 0.3) is 0 Å². The quantitative estimate of drug-likeness (QED) is 0.848. The molecule has 2 N–H and O–H groups in total. The number of nitrogens with zero attached hydrogens (tertiary/aromatic N) is 2. The zero-order valence-corrected chi connectivity index (χ0v) is 9.76. The molecule has 0 spiro atoms. The summed E-state index contributed by atoms with van der Waals surface area (Å²) in [6.07, 6.45) is 4.73. The zero-order valence-electron chi connectivity index (χ0n) is 9.76. The van der Waals surface area contributed by atoms with Gasteiger partial charge in [-0.05, 0) is 25.3 Å². The molecule has 2 rings (SSSR count). The fraction of sp³-hybridized carbons (Fsp3) is 0.500. The van der Waals surface area contributed by atoms with Crippen molar-refractivity contribution in [3.05, 3.63) is 23.9 Å². The van der Waals surface area contributed by atoms with E-state index in [9.17, 15) is 4.79 Å². The number of anilines is 1. The molecular formula is C12H17N3O2. The molecule has 5 heteroatoms. The number of hydrogen-bond acceptors (Lipinski definition) is 4. The van der Waals surface area contributed by atoms with Crippen molar-refractivity contribution in [3.63, 3.8) is 0 Å². The van der Waals surface area contributed by atoms with Crippen molar-refractivity contribution >= 4 is 11.9 Å². The van der Waals surface area contributed by atoms with E-state index in [4.69, 9.17) is 10.5 Å². The lowest BCUT2D eigenvalue weighted by Crippen LogP contribution is -2.35. The number of carbonyl (C=O) groups excluding carboxylic acids is 1. The van der Waals surface area contributed by atoms with Gasteiger partial charge in [0.05, 0.1) is 0 Å². The molecule has 0 radical (unpaired) electrons. The first-order valence-electron chi connectivity index (χ1n) is 5.88. The van der Waals surface area contributed by atoms with Crippen molar-refractivity contribution in [3.8, 4) is 0 Å². The van der Waals surface area contributed by atoms with Gasteiger partial charge in [0, 0.05) is 24.8 Å². The van der Waals surface area contributed by atoms with Gasteiger partial charge in [-0.1, -0.05) is 6.07 Å². The molecule has 1 aliphatic heterocycles. The molecule has 17 heavy (non-hydrogen) atoms. The van der Waals surface area contributed by atoms with Gasteiger partial charge in [0.15, 0.2) is 0 Å². The van der Waals surface area contributed by atoms with Gasteiger partial charge < -0.3 is 15.4 Å². The third-order valence-corrected chi connectivity index (χ3v) is 2.82. The second-order valence-electron chi connectivity index (χ2n) is 4.19. The topological polar surface area (TPSA) is 68.5 Å². The number of amides is 1. The van der Waals surface area contributed by atoms with Gasteiger partial charge in [-0.3, -0.25) is 0 Å². The van der Waals surface area contributed by atoms with E-state index < -0.39 is 0 Å². The molecule has 1 amide bonds. The highest BCUT2D eigenvalue weighted by Crippen LogP contribution is 2.11. The van der Waals surface area contributed by atoms with Crippen LogP contribution in [-0.4, -0.2) is 29.1 Å². The zero-order chi connectivity index (χ0) is 12.1. The third kappa shape index (κ3) is 3.34. The Morgan fingerprint density at radius 2 is 2.12 bits per heavy atom. The van der Waals surface area contributed by atoms with Gasteiger partial charge >= 0.3 is 6.09 Å².